The molecule has 0 aliphatic carbocycles. The second-order valence-corrected chi connectivity index (χ2v) is 20.2. The molecule has 3 atom stereocenters. The number of benzene rings is 4. The summed E-state index contributed by atoms with van der Waals surface area (Å²) in [5, 5.41) is 28.3. The first-order valence-electron chi connectivity index (χ1n) is 24.8. The maximum atomic E-state index is 14.4. The average Bonchev–Trinajstić information content (AvgIpc) is 3.97. The van der Waals surface area contributed by atoms with Gasteiger partial charge in [0.05, 0.1) is 53.0 Å². The van der Waals surface area contributed by atoms with Gasteiger partial charge in [-0.2, -0.15) is 15.2 Å². The Bertz CT molecular complexity index is 3140. The van der Waals surface area contributed by atoms with E-state index in [1.165, 1.54) is 17.0 Å². The lowest BCUT2D eigenvalue weighted by Crippen LogP contribution is -2.58. The summed E-state index contributed by atoms with van der Waals surface area (Å²) >= 11 is 12.8. The Balaban J connectivity index is 0.808. The molecule has 74 heavy (non-hydrogen) atoms. The molecule has 0 spiro atoms. The summed E-state index contributed by atoms with van der Waals surface area (Å²) in [6.45, 7) is 7.35. The number of urea groups is 1. The fourth-order valence-corrected chi connectivity index (χ4v) is 11.3. The molecule has 6 amide bonds. The van der Waals surface area contributed by atoms with Gasteiger partial charge in [0.2, 0.25) is 5.91 Å². The van der Waals surface area contributed by atoms with Crippen LogP contribution in [0, 0.1) is 11.3 Å². The number of carbonyl (C=O) groups excluding carboxylic acids is 5. The number of piperidine rings is 1. The van der Waals surface area contributed by atoms with Crippen molar-refractivity contribution in [2.24, 2.45) is 0 Å². The predicted molar refractivity (Wildman–Crippen MR) is 279 cm³/mol. The van der Waals surface area contributed by atoms with Crippen molar-refractivity contribution in [2.75, 3.05) is 68.0 Å². The number of nitriles is 1. The smallest absolute Gasteiger partial charge is 0.319 e. The monoisotopic (exact) mass is 1040 g/mol. The minimum absolute atomic E-state index is 0.00661. The summed E-state index contributed by atoms with van der Waals surface area (Å²) in [4.78, 5) is 89.2. The highest BCUT2D eigenvalue weighted by Gasteiger charge is 2.44. The van der Waals surface area contributed by atoms with Crippen molar-refractivity contribution in [3.8, 4) is 17.8 Å². The van der Waals surface area contributed by atoms with Crippen molar-refractivity contribution < 1.29 is 33.8 Å². The molecule has 3 fully saturated rings. The first-order valence-corrected chi connectivity index (χ1v) is 25.6. The molecule has 0 bridgehead atoms. The van der Waals surface area contributed by atoms with Gasteiger partial charge in [0.15, 0.2) is 5.75 Å². The molecular formula is C54H55Cl2N11O7. The average molecular weight is 1040 g/mol. The van der Waals surface area contributed by atoms with Gasteiger partial charge < -0.3 is 45.0 Å². The number of ether oxygens (including phenoxy) is 1. The number of anilines is 3. The fourth-order valence-electron chi connectivity index (χ4n) is 10.9. The third-order valence-corrected chi connectivity index (χ3v) is 15.5. The Morgan fingerprint density at radius 1 is 0.919 bits per heavy atom. The largest absolute Gasteiger partial charge is 0.504 e. The molecule has 3 saturated heterocycles. The van der Waals surface area contributed by atoms with E-state index in [2.05, 4.69) is 63.2 Å². The number of amides is 6. The van der Waals surface area contributed by atoms with Crippen molar-refractivity contribution >= 4 is 80.8 Å². The van der Waals surface area contributed by atoms with Crippen LogP contribution in [0.25, 0.3) is 10.8 Å². The number of phenols is 1. The predicted octanol–water partition coefficient (Wildman–Crippen LogP) is 6.66. The van der Waals surface area contributed by atoms with E-state index in [0.717, 1.165) is 52.0 Å². The fraction of sp³-hybridized carbons (Fsp3) is 0.370. The third kappa shape index (κ3) is 9.99. The number of hydrogen-bond donors (Lipinski definition) is 3. The number of hydrogen-bond acceptors (Lipinski definition) is 13. The second-order valence-electron chi connectivity index (χ2n) is 19.4. The lowest BCUT2D eigenvalue weighted by Gasteiger charge is -2.43. The van der Waals surface area contributed by atoms with Crippen LogP contribution in [0.1, 0.15) is 64.8 Å². The van der Waals surface area contributed by atoms with Crippen LogP contribution in [0.5, 0.6) is 11.8 Å². The van der Waals surface area contributed by atoms with Gasteiger partial charge in [0.1, 0.15) is 18.5 Å². The van der Waals surface area contributed by atoms with Crippen LogP contribution >= 0.6 is 23.2 Å². The maximum absolute atomic E-state index is 14.4. The van der Waals surface area contributed by atoms with Gasteiger partial charge in [-0.15, -0.1) is 0 Å². The summed E-state index contributed by atoms with van der Waals surface area (Å²) in [5.41, 5.74) is 4.70. The molecule has 1 unspecified atom stereocenters. The number of likely N-dealkylation sites (N-methyl/N-ethyl adjacent to an activating group) is 1. The number of aromatic nitrogens is 2. The van der Waals surface area contributed by atoms with E-state index in [1.807, 2.05) is 18.2 Å². The van der Waals surface area contributed by atoms with E-state index in [-0.39, 0.29) is 92.0 Å². The van der Waals surface area contributed by atoms with Crippen LogP contribution in [0.2, 0.25) is 10.0 Å². The van der Waals surface area contributed by atoms with E-state index in [0.29, 0.717) is 60.2 Å². The van der Waals surface area contributed by atoms with E-state index < -0.39 is 35.8 Å². The minimum atomic E-state index is -0.966. The highest BCUT2D eigenvalue weighted by Crippen LogP contribution is 2.38. The first kappa shape index (κ1) is 50.1. The van der Waals surface area contributed by atoms with E-state index in [4.69, 9.17) is 37.9 Å². The lowest BCUT2D eigenvalue weighted by molar-refractivity contribution is -0.151. The van der Waals surface area contributed by atoms with Gasteiger partial charge in [0, 0.05) is 79.5 Å². The van der Waals surface area contributed by atoms with Crippen molar-refractivity contribution in [2.45, 2.75) is 76.3 Å². The van der Waals surface area contributed by atoms with Gasteiger partial charge in [-0.05, 0) is 86.1 Å². The number of nitrogens with one attached hydrogen (secondary N) is 2. The van der Waals surface area contributed by atoms with Crippen LogP contribution in [-0.4, -0.2) is 135 Å². The normalized spacial score (nSPS) is 19.9. The molecule has 5 aliphatic heterocycles. The van der Waals surface area contributed by atoms with Crippen LogP contribution in [0.3, 0.4) is 0 Å². The number of imide groups is 1. The van der Waals surface area contributed by atoms with Crippen LogP contribution < -0.4 is 25.2 Å². The maximum Gasteiger partial charge on any atom is 0.319 e. The Labute approximate surface area is 438 Å². The topological polar surface area (TPSA) is 208 Å². The molecule has 382 valence electrons. The van der Waals surface area contributed by atoms with Crippen molar-refractivity contribution in [1.29, 1.82) is 5.26 Å². The number of likely N-dealkylation sites (tertiary alicyclic amines) is 2. The molecule has 0 saturated carbocycles. The zero-order valence-electron chi connectivity index (χ0n) is 40.9. The lowest BCUT2D eigenvalue weighted by atomic mass is 10.00. The van der Waals surface area contributed by atoms with Crippen LogP contribution in [-0.2, 0) is 40.4 Å². The van der Waals surface area contributed by atoms with E-state index in [1.54, 1.807) is 29.2 Å². The number of piperazine rings is 1. The number of rotatable bonds is 13. The highest BCUT2D eigenvalue weighted by atomic mass is 35.5. The Hall–Kier alpha value is -7.46. The summed E-state index contributed by atoms with van der Waals surface area (Å²) in [5.74, 6) is -1.48. The number of nitrogens with zero attached hydrogens (tertiary/aromatic N) is 9. The van der Waals surface area contributed by atoms with Crippen LogP contribution in [0.15, 0.2) is 84.9 Å². The number of halogens is 2. The van der Waals surface area contributed by atoms with Crippen molar-refractivity contribution in [1.82, 2.24) is 34.9 Å². The number of para-hydroxylation sites is 1. The zero-order chi connectivity index (χ0) is 51.8. The standard InChI is InChI=1S/C54H55Cl2N11O7/c1-32(27-67-46(68)17-16-45(52(67)72)66-28-35-25-33(14-15-38(35)51(66)71)26-58-53(73)59-42-12-5-11-41(56)48(42)69)50(70)65-24-23-64(29-36(65)18-20-57)49-39-19-22-63(44-13-4-8-34-7-3-10-40(55)47(34)44)30-43(39)60-54(61-49)74-31-37-9-6-21-62(37)2/h3-5,7-8,10-15,25,36-37,45,69H,1,6,9,16-19,21-24,26-31H2,2H3,(H2,58,59,73)/t36-,37-,45?/m0/s1. The molecule has 20 heteroatoms. The van der Waals surface area contributed by atoms with E-state index >= 15 is 0 Å². The van der Waals surface area contributed by atoms with Crippen molar-refractivity contribution in [3.05, 3.63) is 123 Å². The summed E-state index contributed by atoms with van der Waals surface area (Å²) < 4.78 is 6.38. The summed E-state index contributed by atoms with van der Waals surface area (Å²) in [7, 11) is 2.09. The quantitative estimate of drug-likeness (QED) is 0.0642. The van der Waals surface area contributed by atoms with Crippen molar-refractivity contribution in [3.63, 3.8) is 0 Å². The Kier molecular flexibility index (Phi) is 14.3. The molecular weight excluding hydrogens is 986 g/mol. The number of phenolic OH excluding ortho intramolecular Hbond substituents is 1. The van der Waals surface area contributed by atoms with Gasteiger partial charge in [0.25, 0.3) is 17.7 Å². The molecule has 1 aromatic heterocycles. The second kappa shape index (κ2) is 21.2. The summed E-state index contributed by atoms with van der Waals surface area (Å²) in [6, 6.07) is 22.4. The SMILES string of the molecule is C=C(CN1C(=O)CCC(N2Cc3cc(CNC(=O)Nc4cccc(Cl)c4O)ccc3C2=O)C1=O)C(=O)N1CCN(c2nc(OC[C@@H]3CCCN3C)nc3c2CCN(c2cccc4cccc(Cl)c24)C3)C[C@@H]1CC#N. The molecule has 10 rings (SSSR count). The molecule has 5 aliphatic rings. The first-order chi connectivity index (χ1) is 35.8. The van der Waals surface area contributed by atoms with Gasteiger partial charge in [-0.3, -0.25) is 24.1 Å². The highest BCUT2D eigenvalue weighted by molar-refractivity contribution is 6.36. The number of aromatic hydroxyl groups is 1. The van der Waals surface area contributed by atoms with Crippen LogP contribution in [0.4, 0.5) is 22.0 Å². The molecule has 4 aromatic carbocycles. The van der Waals surface area contributed by atoms with Gasteiger partial charge >= 0.3 is 12.0 Å². The van der Waals surface area contributed by atoms with E-state index in [9.17, 15) is 34.3 Å². The zero-order valence-corrected chi connectivity index (χ0v) is 42.4. The van der Waals surface area contributed by atoms with Gasteiger partial charge in [-0.1, -0.05) is 72.2 Å². The Morgan fingerprint density at radius 3 is 2.51 bits per heavy atom. The Morgan fingerprint density at radius 2 is 1.72 bits per heavy atom. The number of carbonyl (C=O) groups is 5. The number of fused-ring (bicyclic) bond motifs is 3. The molecule has 0 radical (unpaired) electrons. The third-order valence-electron chi connectivity index (χ3n) is 14.8. The molecule has 6 heterocycles. The summed E-state index contributed by atoms with van der Waals surface area (Å²) in [6.07, 6.45) is 2.82. The minimum Gasteiger partial charge on any atom is -0.504 e. The molecule has 5 aromatic rings. The van der Waals surface area contributed by atoms with Gasteiger partial charge in [-0.25, -0.2) is 4.79 Å². The molecule has 18 nitrogen and oxygen atoms in total. The molecule has 3 N–H and O–H groups in total.